The molecular weight excluding hydrogens is 833 g/mol. The number of benzene rings is 9. The zero-order valence-electron chi connectivity index (χ0n) is 36.5. The van der Waals surface area contributed by atoms with Crippen molar-refractivity contribution in [1.29, 1.82) is 0 Å². The Balaban J connectivity index is 0.884. The third kappa shape index (κ3) is 6.78. The van der Waals surface area contributed by atoms with Crippen LogP contribution in [-0.2, 0) is 0 Å². The smallest absolute Gasteiger partial charge is 0.238 e. The van der Waals surface area contributed by atoms with Gasteiger partial charge in [0.15, 0.2) is 23.3 Å². The van der Waals surface area contributed by atoms with E-state index in [0.29, 0.717) is 35.2 Å². The normalized spacial score (nSPS) is 11.5. The molecule has 0 saturated carbocycles. The summed E-state index contributed by atoms with van der Waals surface area (Å²) in [7, 11) is 0. The molecule has 0 atom stereocenters. The molecule has 0 spiro atoms. The van der Waals surface area contributed by atoms with E-state index in [-0.39, 0.29) is 0 Å². The van der Waals surface area contributed by atoms with Gasteiger partial charge in [-0.3, -0.25) is 9.13 Å². The van der Waals surface area contributed by atoms with E-state index in [9.17, 15) is 0 Å². The van der Waals surface area contributed by atoms with Gasteiger partial charge in [0, 0.05) is 43.8 Å². The Labute approximate surface area is 391 Å². The maximum atomic E-state index is 5.10. The van der Waals surface area contributed by atoms with E-state index < -0.39 is 0 Å². The zero-order valence-corrected chi connectivity index (χ0v) is 36.5. The molecule has 13 aromatic rings. The van der Waals surface area contributed by atoms with Gasteiger partial charge in [-0.2, -0.15) is 19.9 Å². The van der Waals surface area contributed by atoms with Crippen molar-refractivity contribution in [3.63, 3.8) is 0 Å². The molecule has 0 amide bonds. The van der Waals surface area contributed by atoms with Gasteiger partial charge in [0.05, 0.1) is 22.1 Å². The number of hydrogen-bond acceptors (Lipinski definition) is 6. The number of aromatic nitrogens is 8. The van der Waals surface area contributed by atoms with Gasteiger partial charge < -0.3 is 0 Å². The molecule has 0 aliphatic heterocycles. The van der Waals surface area contributed by atoms with Crippen LogP contribution in [0.2, 0.25) is 0 Å². The summed E-state index contributed by atoms with van der Waals surface area (Å²) in [5.74, 6) is 3.64. The maximum absolute atomic E-state index is 5.10. The van der Waals surface area contributed by atoms with E-state index in [4.69, 9.17) is 29.9 Å². The van der Waals surface area contributed by atoms with Gasteiger partial charge in [0.2, 0.25) is 11.9 Å². The molecule has 4 aromatic heterocycles. The van der Waals surface area contributed by atoms with Crippen LogP contribution >= 0.6 is 0 Å². The van der Waals surface area contributed by atoms with Gasteiger partial charge in [-0.1, -0.05) is 194 Å². The SMILES string of the molecule is c1ccc(-c2nc(-c3ccccc3)nc(-n3c4ccccc4c4cc(-c5ccc(-c6ccc7c(c6)c6ccccc6n7-c6nc(-c7ccccc7)nc(-c7ccccc7)n6)cc5)ccc43)n2)cc1. The van der Waals surface area contributed by atoms with Crippen LogP contribution in [0.5, 0.6) is 0 Å². The highest BCUT2D eigenvalue weighted by Crippen LogP contribution is 2.38. The third-order valence-electron chi connectivity index (χ3n) is 12.7. The first-order valence-corrected chi connectivity index (χ1v) is 22.6. The summed E-state index contributed by atoms with van der Waals surface area (Å²) >= 11 is 0. The van der Waals surface area contributed by atoms with E-state index in [1.165, 1.54) is 0 Å². The summed E-state index contributed by atoms with van der Waals surface area (Å²) in [5, 5.41) is 4.50. The number of hydrogen-bond donors (Lipinski definition) is 0. The van der Waals surface area contributed by atoms with Crippen molar-refractivity contribution in [3.8, 4) is 79.7 Å². The first kappa shape index (κ1) is 39.0. The lowest BCUT2D eigenvalue weighted by atomic mass is 9.98. The van der Waals surface area contributed by atoms with E-state index in [1.54, 1.807) is 0 Å². The highest BCUT2D eigenvalue weighted by atomic mass is 15.2. The lowest BCUT2D eigenvalue weighted by molar-refractivity contribution is 0.953. The molecule has 13 rings (SSSR count). The number of fused-ring (bicyclic) bond motifs is 6. The molecule has 0 bridgehead atoms. The van der Waals surface area contributed by atoms with Crippen LogP contribution in [0, 0.1) is 0 Å². The minimum Gasteiger partial charge on any atom is -0.278 e. The van der Waals surface area contributed by atoms with Crippen LogP contribution in [0.25, 0.3) is 123 Å². The largest absolute Gasteiger partial charge is 0.278 e. The van der Waals surface area contributed by atoms with Gasteiger partial charge in [-0.05, 0) is 58.7 Å². The lowest BCUT2D eigenvalue weighted by Crippen LogP contribution is -2.06. The summed E-state index contributed by atoms with van der Waals surface area (Å²) in [4.78, 5) is 30.3. The van der Waals surface area contributed by atoms with Crippen molar-refractivity contribution in [3.05, 3.63) is 231 Å². The molecule has 8 nitrogen and oxygen atoms in total. The molecule has 9 aromatic carbocycles. The highest BCUT2D eigenvalue weighted by Gasteiger charge is 2.20. The molecule has 0 fully saturated rings. The Morgan fingerprint density at radius 3 is 0.824 bits per heavy atom. The van der Waals surface area contributed by atoms with Crippen LogP contribution < -0.4 is 0 Å². The minimum absolute atomic E-state index is 0.572. The van der Waals surface area contributed by atoms with Gasteiger partial charge in [-0.25, -0.2) is 9.97 Å². The van der Waals surface area contributed by atoms with E-state index in [0.717, 1.165) is 88.1 Å². The molecular formula is C60H38N8. The van der Waals surface area contributed by atoms with Crippen LogP contribution in [0.15, 0.2) is 231 Å². The number of nitrogens with zero attached hydrogens (tertiary/aromatic N) is 8. The van der Waals surface area contributed by atoms with Crippen molar-refractivity contribution in [2.45, 2.75) is 0 Å². The number of rotatable bonds is 8. The van der Waals surface area contributed by atoms with E-state index in [1.807, 2.05) is 121 Å². The molecule has 0 aliphatic rings. The van der Waals surface area contributed by atoms with Crippen LogP contribution in [-0.4, -0.2) is 39.0 Å². The third-order valence-corrected chi connectivity index (χ3v) is 12.7. The highest BCUT2D eigenvalue weighted by molar-refractivity contribution is 6.11. The summed E-state index contributed by atoms with van der Waals surface area (Å²) in [6.07, 6.45) is 0. The van der Waals surface area contributed by atoms with E-state index >= 15 is 0 Å². The van der Waals surface area contributed by atoms with E-state index in [2.05, 4.69) is 118 Å². The van der Waals surface area contributed by atoms with Crippen molar-refractivity contribution in [2.75, 3.05) is 0 Å². The van der Waals surface area contributed by atoms with Crippen molar-refractivity contribution in [1.82, 2.24) is 39.0 Å². The Kier molecular flexibility index (Phi) is 9.31. The second kappa shape index (κ2) is 16.2. The van der Waals surface area contributed by atoms with Crippen molar-refractivity contribution in [2.24, 2.45) is 0 Å². The standard InChI is InChI=1S/C60H38N8/c1-5-17-41(18-6-1)55-61-56(42-19-7-2-8-20-42)64-59(63-55)67-51-27-15-13-25-47(51)49-37-45(33-35-53(49)67)39-29-31-40(32-30-39)46-34-36-54-50(38-46)48-26-14-16-28-52(48)68(54)60-65-57(43-21-9-3-10-22-43)62-58(66-60)44-23-11-4-12-24-44/h1-38H. The van der Waals surface area contributed by atoms with Gasteiger partial charge in [-0.15, -0.1) is 0 Å². The first-order chi connectivity index (χ1) is 33.7. The Bertz CT molecular complexity index is 3620. The Morgan fingerprint density at radius 2 is 0.485 bits per heavy atom. The second-order valence-corrected chi connectivity index (χ2v) is 16.8. The summed E-state index contributed by atoms with van der Waals surface area (Å²) in [5.41, 5.74) is 12.3. The summed E-state index contributed by atoms with van der Waals surface area (Å²) in [6, 6.07) is 79.6. The molecule has 0 saturated heterocycles. The summed E-state index contributed by atoms with van der Waals surface area (Å²) in [6.45, 7) is 0. The Morgan fingerprint density at radius 1 is 0.206 bits per heavy atom. The van der Waals surface area contributed by atoms with Gasteiger partial charge in [0.1, 0.15) is 0 Å². The predicted molar refractivity (Wildman–Crippen MR) is 275 cm³/mol. The van der Waals surface area contributed by atoms with Gasteiger partial charge >= 0.3 is 0 Å². The molecule has 0 aliphatic carbocycles. The predicted octanol–water partition coefficient (Wildman–Crippen LogP) is 14.3. The second-order valence-electron chi connectivity index (χ2n) is 16.8. The monoisotopic (exact) mass is 870 g/mol. The minimum atomic E-state index is 0.572. The van der Waals surface area contributed by atoms with Gasteiger partial charge in [0.25, 0.3) is 0 Å². The fourth-order valence-corrected chi connectivity index (χ4v) is 9.39. The fraction of sp³-hybridized carbons (Fsp3) is 0. The fourth-order valence-electron chi connectivity index (χ4n) is 9.39. The Hall–Kier alpha value is -9.40. The average molecular weight is 871 g/mol. The molecule has 0 unspecified atom stereocenters. The lowest BCUT2D eigenvalue weighted by Gasteiger charge is -2.11. The quantitative estimate of drug-likeness (QED) is 0.151. The van der Waals surface area contributed by atoms with Crippen molar-refractivity contribution >= 4 is 43.6 Å². The zero-order chi connectivity index (χ0) is 45.0. The first-order valence-electron chi connectivity index (χ1n) is 22.6. The number of para-hydroxylation sites is 2. The van der Waals surface area contributed by atoms with Crippen LogP contribution in [0.4, 0.5) is 0 Å². The molecule has 4 heterocycles. The summed E-state index contributed by atoms with van der Waals surface area (Å²) < 4.78 is 4.33. The molecule has 0 N–H and O–H groups in total. The average Bonchev–Trinajstić information content (AvgIpc) is 3.94. The molecule has 8 heteroatoms. The van der Waals surface area contributed by atoms with Crippen molar-refractivity contribution < 1.29 is 0 Å². The molecule has 68 heavy (non-hydrogen) atoms. The van der Waals surface area contributed by atoms with Crippen LogP contribution in [0.1, 0.15) is 0 Å². The molecule has 0 radical (unpaired) electrons. The molecule has 318 valence electrons. The maximum Gasteiger partial charge on any atom is 0.238 e. The topological polar surface area (TPSA) is 87.2 Å². The van der Waals surface area contributed by atoms with Crippen LogP contribution in [0.3, 0.4) is 0 Å².